The molecule has 0 aliphatic carbocycles. The highest BCUT2D eigenvalue weighted by Gasteiger charge is 2.44. The minimum atomic E-state index is -2.82. The van der Waals surface area contributed by atoms with Crippen molar-refractivity contribution in [2.75, 3.05) is 12.5 Å². The highest BCUT2D eigenvalue weighted by atomic mass is 28.3. The van der Waals surface area contributed by atoms with Gasteiger partial charge >= 0.3 is 0 Å². The number of nitrogens with zero attached hydrogens (tertiary/aromatic N) is 2. The summed E-state index contributed by atoms with van der Waals surface area (Å²) in [6, 6.07) is 44.5. The lowest BCUT2D eigenvalue weighted by molar-refractivity contribution is 0.283. The average Bonchev–Trinajstić information content (AvgIpc) is 1.62. The standard InChI is InChI=1S/C88H112F2N2O4Si/c1-53(2)97(54(3)4,51-95-77-37-31-61(89)47-67(77)69-43-59(87(23,24)49-81(5,6)7)45-75(79(69)93)91-71-33-27-55(83(11,12)13)39-63(71)64-40-56(84(14,15)16)28-34-72(64)91)52-96-78-38-32-62(90)48-68(78)70-44-60(88(25,26)50-82(8,9)10)46-76(80(70)94)92-73-35-29-57(85(17,18)19)41-65(73)66-42-58(86(20,21)22)30-36-74(66)92/h27-48,53-54,93-94H,49-52H2,1-26H3. The van der Waals surface area contributed by atoms with Gasteiger partial charge in [-0.05, 0) is 210 Å². The maximum absolute atomic E-state index is 16.4. The van der Waals surface area contributed by atoms with Crippen LogP contribution >= 0.6 is 0 Å². The zero-order chi connectivity index (χ0) is 71.6. The fourth-order valence-electron chi connectivity index (χ4n) is 15.5. The Bertz CT molecular complexity index is 4210. The number of ether oxygens (including phenoxy) is 2. The first-order valence-electron chi connectivity index (χ1n) is 35.4. The monoisotopic (exact) mass is 1330 g/mol. The van der Waals surface area contributed by atoms with Crippen LogP contribution in [-0.2, 0) is 32.5 Å². The molecule has 0 saturated heterocycles. The first-order chi connectivity index (χ1) is 44.6. The van der Waals surface area contributed by atoms with Crippen molar-refractivity contribution < 1.29 is 28.5 Å². The molecular formula is C88H112F2N2O4Si. The molecule has 0 bridgehead atoms. The number of phenols is 2. The van der Waals surface area contributed by atoms with Crippen LogP contribution < -0.4 is 9.47 Å². The number of benzene rings is 8. The average molecular weight is 1330 g/mol. The molecule has 0 radical (unpaired) electrons. The fourth-order valence-corrected chi connectivity index (χ4v) is 19.1. The lowest BCUT2D eigenvalue weighted by Crippen LogP contribution is -2.53. The highest BCUT2D eigenvalue weighted by molar-refractivity contribution is 6.82. The predicted molar refractivity (Wildman–Crippen MR) is 412 cm³/mol. The van der Waals surface area contributed by atoms with Gasteiger partial charge in [0, 0.05) is 43.8 Å². The number of hydrogen-bond donors (Lipinski definition) is 2. The third kappa shape index (κ3) is 14.4. The van der Waals surface area contributed by atoms with E-state index in [2.05, 4.69) is 286 Å². The van der Waals surface area contributed by atoms with Crippen molar-refractivity contribution in [1.82, 2.24) is 9.13 Å². The zero-order valence-electron chi connectivity index (χ0n) is 63.5. The molecule has 0 saturated carbocycles. The van der Waals surface area contributed by atoms with E-state index in [0.717, 1.165) is 67.6 Å². The number of rotatable bonds is 16. The minimum absolute atomic E-state index is 0.0209. The molecule has 8 aromatic carbocycles. The number of aromatic hydroxyl groups is 2. The van der Waals surface area contributed by atoms with Gasteiger partial charge in [0.15, 0.2) is 0 Å². The second kappa shape index (κ2) is 25.1. The Labute approximate surface area is 580 Å². The summed E-state index contributed by atoms with van der Waals surface area (Å²) >= 11 is 0. The molecule has 0 amide bonds. The van der Waals surface area contributed by atoms with Crippen molar-refractivity contribution in [1.29, 1.82) is 0 Å². The molecule has 9 heteroatoms. The summed E-state index contributed by atoms with van der Waals surface area (Å²) in [6.07, 6.45) is 2.24. The second-order valence-electron chi connectivity index (χ2n) is 37.0. The van der Waals surface area contributed by atoms with Crippen LogP contribution in [0, 0.1) is 22.5 Å². The molecule has 10 aromatic rings. The summed E-state index contributed by atoms with van der Waals surface area (Å²) in [7, 11) is -2.82. The molecule has 0 spiro atoms. The summed E-state index contributed by atoms with van der Waals surface area (Å²) in [5.74, 6) is 0.0315. The van der Waals surface area contributed by atoms with Crippen LogP contribution in [0.4, 0.5) is 8.78 Å². The maximum atomic E-state index is 16.4. The van der Waals surface area contributed by atoms with Crippen molar-refractivity contribution in [3.63, 3.8) is 0 Å². The number of fused-ring (bicyclic) bond motifs is 6. The van der Waals surface area contributed by atoms with Crippen LogP contribution in [0.2, 0.25) is 11.1 Å². The Kier molecular flexibility index (Phi) is 18.7. The fraction of sp³-hybridized carbons (Fsp3) is 0.455. The molecule has 2 N–H and O–H groups in total. The van der Waals surface area contributed by atoms with E-state index >= 15 is 8.78 Å². The summed E-state index contributed by atoms with van der Waals surface area (Å²) in [4.78, 5) is 0. The third-order valence-electron chi connectivity index (χ3n) is 20.9. The second-order valence-corrected chi connectivity index (χ2v) is 42.4. The number of hydrogen-bond acceptors (Lipinski definition) is 4. The molecule has 0 aliphatic heterocycles. The van der Waals surface area contributed by atoms with Gasteiger partial charge < -0.3 is 28.8 Å². The number of aromatic nitrogens is 2. The number of phenolic OH excluding ortho intramolecular Hbond substituents is 2. The lowest BCUT2D eigenvalue weighted by Gasteiger charge is -2.38. The van der Waals surface area contributed by atoms with Crippen LogP contribution in [0.3, 0.4) is 0 Å². The van der Waals surface area contributed by atoms with E-state index in [9.17, 15) is 10.2 Å². The first kappa shape index (κ1) is 72.4. The molecule has 0 aliphatic rings. The van der Waals surface area contributed by atoms with Gasteiger partial charge in [-0.1, -0.05) is 204 Å². The predicted octanol–water partition coefficient (Wildman–Crippen LogP) is 25.3. The van der Waals surface area contributed by atoms with Gasteiger partial charge in [0.05, 0.1) is 45.9 Å². The molecule has 0 unspecified atom stereocenters. The number of halogens is 2. The highest BCUT2D eigenvalue weighted by Crippen LogP contribution is 2.51. The molecule has 0 atom stereocenters. The topological polar surface area (TPSA) is 68.8 Å². The van der Waals surface area contributed by atoms with Crippen molar-refractivity contribution in [3.8, 4) is 56.6 Å². The Morgan fingerprint density at radius 1 is 0.351 bits per heavy atom. The van der Waals surface area contributed by atoms with Crippen molar-refractivity contribution >= 4 is 51.7 Å². The Morgan fingerprint density at radius 3 is 0.876 bits per heavy atom. The minimum Gasteiger partial charge on any atom is -0.505 e. The van der Waals surface area contributed by atoms with E-state index in [1.165, 1.54) is 46.5 Å². The van der Waals surface area contributed by atoms with Gasteiger partial charge in [-0.2, -0.15) is 0 Å². The molecule has 97 heavy (non-hydrogen) atoms. The molecule has 10 rings (SSSR count). The van der Waals surface area contributed by atoms with Crippen molar-refractivity contribution in [2.24, 2.45) is 10.8 Å². The van der Waals surface area contributed by atoms with Crippen LogP contribution in [0.25, 0.3) is 77.2 Å². The summed E-state index contributed by atoms with van der Waals surface area (Å²) in [5.41, 5.74) is 12.7. The first-order valence-corrected chi connectivity index (χ1v) is 38.0. The molecule has 6 nitrogen and oxygen atoms in total. The van der Waals surface area contributed by atoms with Gasteiger partial charge in [-0.15, -0.1) is 0 Å². The Hall–Kier alpha value is -7.36. The summed E-state index contributed by atoms with van der Waals surface area (Å²) < 4.78 is 51.7. The normalized spacial score (nSPS) is 13.6. The van der Waals surface area contributed by atoms with Gasteiger partial charge in [0.1, 0.15) is 42.7 Å². The van der Waals surface area contributed by atoms with E-state index in [-0.39, 0.29) is 67.5 Å². The van der Waals surface area contributed by atoms with E-state index in [1.54, 1.807) is 12.1 Å². The third-order valence-corrected chi connectivity index (χ3v) is 26.9. The van der Waals surface area contributed by atoms with Crippen molar-refractivity contribution in [2.45, 2.75) is 236 Å². The van der Waals surface area contributed by atoms with Crippen LogP contribution in [0.15, 0.2) is 133 Å². The Morgan fingerprint density at radius 2 is 0.629 bits per heavy atom. The molecule has 516 valence electrons. The molecular weight excluding hydrogens is 1220 g/mol. The largest absolute Gasteiger partial charge is 0.505 e. The molecule has 2 aromatic heterocycles. The van der Waals surface area contributed by atoms with E-state index < -0.39 is 30.5 Å². The van der Waals surface area contributed by atoms with Crippen LogP contribution in [0.5, 0.6) is 23.0 Å². The van der Waals surface area contributed by atoms with Crippen molar-refractivity contribution in [3.05, 3.63) is 178 Å². The molecule has 2 heterocycles. The van der Waals surface area contributed by atoms with E-state index in [1.807, 2.05) is 0 Å². The SMILES string of the molecule is CC(C)[Si](COc1ccc(F)cc1-c1cc(C(C)(C)CC(C)(C)C)cc(-n2c3ccc(C(C)(C)C)cc3c3cc(C(C)(C)C)ccc32)c1O)(COc1ccc(F)cc1-c1cc(C(C)(C)CC(C)(C)C)cc(-n2c3ccc(C(C)(C)C)cc3c3cc(C(C)(C)C)ccc32)c1O)C(C)C. The zero-order valence-corrected chi connectivity index (χ0v) is 64.5. The van der Waals surface area contributed by atoms with Crippen LogP contribution in [0.1, 0.15) is 226 Å². The van der Waals surface area contributed by atoms with Gasteiger partial charge in [-0.25, -0.2) is 8.78 Å². The molecule has 0 fully saturated rings. The van der Waals surface area contributed by atoms with Gasteiger partial charge in [-0.3, -0.25) is 0 Å². The van der Waals surface area contributed by atoms with Gasteiger partial charge in [0.25, 0.3) is 0 Å². The lowest BCUT2D eigenvalue weighted by atomic mass is 9.71. The summed E-state index contributed by atoms with van der Waals surface area (Å²) in [6.45, 7) is 58.4. The Balaban J connectivity index is 1.11. The quantitative estimate of drug-likeness (QED) is 0.0946. The van der Waals surface area contributed by atoms with E-state index in [4.69, 9.17) is 9.47 Å². The maximum Gasteiger partial charge on any atom is 0.147 e. The van der Waals surface area contributed by atoms with E-state index in [0.29, 0.717) is 45.1 Å². The smallest absolute Gasteiger partial charge is 0.147 e. The van der Waals surface area contributed by atoms with Crippen LogP contribution in [-0.4, -0.2) is 39.9 Å². The summed E-state index contributed by atoms with van der Waals surface area (Å²) in [5, 5.41) is 31.0. The van der Waals surface area contributed by atoms with Gasteiger partial charge in [0.2, 0.25) is 0 Å².